The van der Waals surface area contributed by atoms with Crippen LogP contribution in [0.3, 0.4) is 0 Å². The third kappa shape index (κ3) is 2.71. The number of carbonyl (C=O) groups is 1. The molecule has 3 heteroatoms. The fraction of sp³-hybridized carbons (Fsp3) is 0.500. The molecule has 0 spiro atoms. The highest BCUT2D eigenvalue weighted by molar-refractivity contribution is 9.10. The van der Waals surface area contributed by atoms with Crippen LogP contribution < -0.4 is 0 Å². The van der Waals surface area contributed by atoms with Gasteiger partial charge in [0.15, 0.2) is 0 Å². The summed E-state index contributed by atoms with van der Waals surface area (Å²) in [6, 6.07) is 2.09. The summed E-state index contributed by atoms with van der Waals surface area (Å²) in [6.45, 7) is 0. The maximum atomic E-state index is 10.4. The van der Waals surface area contributed by atoms with E-state index in [2.05, 4.69) is 22.0 Å². The van der Waals surface area contributed by atoms with E-state index in [-0.39, 0.29) is 0 Å². The average Bonchev–Trinajstić information content (AvgIpc) is 2.57. The van der Waals surface area contributed by atoms with Crippen LogP contribution in [0.4, 0.5) is 0 Å². The molecule has 0 aromatic heterocycles. The van der Waals surface area contributed by atoms with Crippen molar-refractivity contribution in [3.63, 3.8) is 0 Å². The molecule has 1 aliphatic rings. The van der Waals surface area contributed by atoms with Gasteiger partial charge in [-0.2, -0.15) is 0 Å². The molecule has 0 atom stereocenters. The number of carbonyl (C=O) groups excluding carboxylic acids is 1. The first-order chi connectivity index (χ1) is 8.24. The molecular weight excluding hydrogens is 280 g/mol. The number of hydrogen-bond donors (Lipinski definition) is 1. The van der Waals surface area contributed by atoms with Crippen molar-refractivity contribution in [2.75, 3.05) is 0 Å². The highest BCUT2D eigenvalue weighted by atomic mass is 79.9. The van der Waals surface area contributed by atoms with Crippen molar-refractivity contribution in [3.8, 4) is 5.75 Å². The minimum absolute atomic E-state index is 0.326. The van der Waals surface area contributed by atoms with E-state index in [9.17, 15) is 9.90 Å². The molecule has 2 nitrogen and oxygen atoms in total. The number of phenolic OH excluding ortho intramolecular Hbond substituents is 1. The van der Waals surface area contributed by atoms with Crippen molar-refractivity contribution in [1.82, 2.24) is 0 Å². The molecule has 0 fully saturated rings. The number of phenols is 1. The number of aromatic hydroxyl groups is 1. The Balaban J connectivity index is 2.39. The van der Waals surface area contributed by atoms with Crippen molar-refractivity contribution in [2.45, 2.75) is 44.9 Å². The molecule has 1 N–H and O–H groups in total. The fourth-order valence-electron chi connectivity index (χ4n) is 2.48. The Morgan fingerprint density at radius 2 is 2.06 bits per heavy atom. The molecule has 0 radical (unpaired) electrons. The molecule has 92 valence electrons. The second kappa shape index (κ2) is 5.67. The summed E-state index contributed by atoms with van der Waals surface area (Å²) in [5.74, 6) is 0.326. The molecule has 0 amide bonds. The van der Waals surface area contributed by atoms with E-state index in [1.54, 1.807) is 0 Å². The lowest BCUT2D eigenvalue weighted by atomic mass is 9.97. The average molecular weight is 297 g/mol. The van der Waals surface area contributed by atoms with Gasteiger partial charge in [-0.1, -0.05) is 12.5 Å². The summed E-state index contributed by atoms with van der Waals surface area (Å²) in [5.41, 5.74) is 3.49. The standard InChI is InChI=1S/C14H17BrO2/c15-13-12-7-3-1-2-5-10(12)9-11(14(13)17)6-4-8-16/h8-9,17H,1-7H2. The van der Waals surface area contributed by atoms with Crippen LogP contribution in [0, 0.1) is 0 Å². The van der Waals surface area contributed by atoms with Gasteiger partial charge in [0, 0.05) is 6.42 Å². The third-order valence-electron chi connectivity index (χ3n) is 3.42. The lowest BCUT2D eigenvalue weighted by Gasteiger charge is -2.14. The van der Waals surface area contributed by atoms with Crippen molar-refractivity contribution in [2.24, 2.45) is 0 Å². The van der Waals surface area contributed by atoms with Crippen LogP contribution in [0.5, 0.6) is 5.75 Å². The first-order valence-electron chi connectivity index (χ1n) is 6.19. The second-order valence-corrected chi connectivity index (χ2v) is 5.39. The van der Waals surface area contributed by atoms with E-state index in [1.165, 1.54) is 30.4 Å². The molecule has 0 saturated heterocycles. The number of aryl methyl sites for hydroxylation is 2. The summed E-state index contributed by atoms with van der Waals surface area (Å²) in [6.07, 6.45) is 7.79. The van der Waals surface area contributed by atoms with E-state index in [0.717, 1.165) is 29.2 Å². The summed E-state index contributed by atoms with van der Waals surface area (Å²) < 4.78 is 0.845. The molecule has 0 heterocycles. The van der Waals surface area contributed by atoms with Crippen molar-refractivity contribution in [3.05, 3.63) is 27.2 Å². The quantitative estimate of drug-likeness (QED) is 0.684. The lowest BCUT2D eigenvalue weighted by molar-refractivity contribution is -0.107. The smallest absolute Gasteiger partial charge is 0.133 e. The number of benzene rings is 1. The van der Waals surface area contributed by atoms with Gasteiger partial charge in [0.05, 0.1) is 4.47 Å². The minimum Gasteiger partial charge on any atom is -0.506 e. The van der Waals surface area contributed by atoms with Gasteiger partial charge >= 0.3 is 0 Å². The largest absolute Gasteiger partial charge is 0.506 e. The molecule has 1 aromatic carbocycles. The van der Waals surface area contributed by atoms with Gasteiger partial charge in [-0.15, -0.1) is 0 Å². The number of aldehydes is 1. The van der Waals surface area contributed by atoms with Gasteiger partial charge in [-0.25, -0.2) is 0 Å². The van der Waals surface area contributed by atoms with Crippen molar-refractivity contribution in [1.29, 1.82) is 0 Å². The van der Waals surface area contributed by atoms with Gasteiger partial charge in [0.2, 0.25) is 0 Å². The van der Waals surface area contributed by atoms with Crippen LogP contribution in [0.25, 0.3) is 0 Å². The van der Waals surface area contributed by atoms with Gasteiger partial charge < -0.3 is 9.90 Å². The summed E-state index contributed by atoms with van der Waals surface area (Å²) in [5, 5.41) is 10.1. The topological polar surface area (TPSA) is 37.3 Å². The normalized spacial score (nSPS) is 15.1. The Bertz CT molecular complexity index is 427. The number of hydrogen-bond acceptors (Lipinski definition) is 2. The number of rotatable bonds is 3. The highest BCUT2D eigenvalue weighted by Gasteiger charge is 2.17. The molecule has 0 bridgehead atoms. The van der Waals surface area contributed by atoms with E-state index >= 15 is 0 Å². The van der Waals surface area contributed by atoms with Gasteiger partial charge in [0.25, 0.3) is 0 Å². The Morgan fingerprint density at radius 1 is 1.29 bits per heavy atom. The van der Waals surface area contributed by atoms with Crippen LogP contribution in [-0.2, 0) is 24.1 Å². The Kier molecular flexibility index (Phi) is 4.21. The van der Waals surface area contributed by atoms with E-state index in [1.807, 2.05) is 0 Å². The predicted octanol–water partition coefficient (Wildman–Crippen LogP) is 3.56. The molecular formula is C14H17BrO2. The van der Waals surface area contributed by atoms with Crippen LogP contribution >= 0.6 is 15.9 Å². The molecule has 1 aliphatic carbocycles. The third-order valence-corrected chi connectivity index (χ3v) is 4.27. The monoisotopic (exact) mass is 296 g/mol. The van der Waals surface area contributed by atoms with Crippen LogP contribution in [-0.4, -0.2) is 11.4 Å². The van der Waals surface area contributed by atoms with E-state index < -0.39 is 0 Å². The zero-order valence-corrected chi connectivity index (χ0v) is 11.4. The zero-order chi connectivity index (χ0) is 12.3. The van der Waals surface area contributed by atoms with Crippen LogP contribution in [0.15, 0.2) is 10.5 Å². The first-order valence-corrected chi connectivity index (χ1v) is 6.99. The molecule has 0 unspecified atom stereocenters. The highest BCUT2D eigenvalue weighted by Crippen LogP contribution is 2.37. The van der Waals surface area contributed by atoms with Crippen LogP contribution in [0.2, 0.25) is 0 Å². The minimum atomic E-state index is 0.326. The lowest BCUT2D eigenvalue weighted by Crippen LogP contribution is -1.98. The summed E-state index contributed by atoms with van der Waals surface area (Å²) >= 11 is 3.51. The maximum Gasteiger partial charge on any atom is 0.133 e. The van der Waals surface area contributed by atoms with Gasteiger partial charge in [-0.3, -0.25) is 0 Å². The molecule has 0 saturated carbocycles. The molecule has 17 heavy (non-hydrogen) atoms. The molecule has 2 rings (SSSR count). The summed E-state index contributed by atoms with van der Waals surface area (Å²) in [7, 11) is 0. The van der Waals surface area contributed by atoms with Crippen LogP contribution in [0.1, 0.15) is 42.4 Å². The van der Waals surface area contributed by atoms with Gasteiger partial charge in [0.1, 0.15) is 12.0 Å². The van der Waals surface area contributed by atoms with E-state index in [4.69, 9.17) is 0 Å². The summed E-state index contributed by atoms with van der Waals surface area (Å²) in [4.78, 5) is 10.4. The Morgan fingerprint density at radius 3 is 2.82 bits per heavy atom. The second-order valence-electron chi connectivity index (χ2n) is 4.60. The Hall–Kier alpha value is -0.830. The van der Waals surface area contributed by atoms with Crippen molar-refractivity contribution < 1.29 is 9.90 Å². The van der Waals surface area contributed by atoms with Gasteiger partial charge in [-0.05, 0) is 64.7 Å². The maximum absolute atomic E-state index is 10.4. The molecule has 0 aliphatic heterocycles. The first kappa shape index (κ1) is 12.6. The zero-order valence-electron chi connectivity index (χ0n) is 9.84. The van der Waals surface area contributed by atoms with E-state index in [0.29, 0.717) is 18.6 Å². The fourth-order valence-corrected chi connectivity index (χ4v) is 3.19. The SMILES string of the molecule is O=CCCc1cc2c(c(Br)c1O)CCCCC2. The number of halogens is 1. The predicted molar refractivity (Wildman–Crippen MR) is 71.5 cm³/mol. The Labute approximate surface area is 110 Å². The molecule has 1 aromatic rings. The van der Waals surface area contributed by atoms with Crippen molar-refractivity contribution >= 4 is 22.2 Å². The number of fused-ring (bicyclic) bond motifs is 1.